The van der Waals surface area contributed by atoms with E-state index < -0.39 is 0 Å². The summed E-state index contributed by atoms with van der Waals surface area (Å²) in [6.07, 6.45) is 2.84. The molecule has 0 saturated carbocycles. The molecule has 0 radical (unpaired) electrons. The SMILES string of the molecule is Br.C=CCP. The van der Waals surface area contributed by atoms with Gasteiger partial charge in [0.25, 0.3) is 0 Å². The molecule has 0 aromatic heterocycles. The highest BCUT2D eigenvalue weighted by Crippen LogP contribution is 1.74. The minimum atomic E-state index is 0. The zero-order valence-electron chi connectivity index (χ0n) is 2.98. The summed E-state index contributed by atoms with van der Waals surface area (Å²) in [6, 6.07) is 0. The first-order chi connectivity index (χ1) is 1.91. The standard InChI is InChI=1S/C3H7P.BrH/c1-2-3-4;/h2H,1,3-4H2;1H. The topological polar surface area (TPSA) is 0 Å². The summed E-state index contributed by atoms with van der Waals surface area (Å²) in [7, 11) is 2.54. The van der Waals surface area contributed by atoms with Crippen molar-refractivity contribution in [1.29, 1.82) is 0 Å². The minimum Gasteiger partial charge on any atom is -0.134 e. The molecule has 5 heavy (non-hydrogen) atoms. The molecule has 0 nitrogen and oxygen atoms in total. The summed E-state index contributed by atoms with van der Waals surface area (Å²) in [4.78, 5) is 0. The molecule has 1 unspecified atom stereocenters. The Morgan fingerprint density at radius 3 is 2.00 bits per heavy atom. The molecule has 0 spiro atoms. The van der Waals surface area contributed by atoms with Crippen molar-refractivity contribution in [2.45, 2.75) is 0 Å². The van der Waals surface area contributed by atoms with Crippen LogP contribution in [0.2, 0.25) is 0 Å². The van der Waals surface area contributed by atoms with Crippen LogP contribution in [-0.2, 0) is 0 Å². The second-order valence-electron chi connectivity index (χ2n) is 0.524. The zero-order valence-corrected chi connectivity index (χ0v) is 5.84. The van der Waals surface area contributed by atoms with Gasteiger partial charge in [-0.2, -0.15) is 0 Å². The van der Waals surface area contributed by atoms with Crippen LogP contribution in [0.5, 0.6) is 0 Å². The monoisotopic (exact) mass is 154 g/mol. The number of allylic oxidation sites excluding steroid dienone is 1. The summed E-state index contributed by atoms with van der Waals surface area (Å²) in [5.74, 6) is 0. The van der Waals surface area contributed by atoms with Gasteiger partial charge in [0.15, 0.2) is 0 Å². The Balaban J connectivity index is 0. The summed E-state index contributed by atoms with van der Waals surface area (Å²) in [5.41, 5.74) is 0. The van der Waals surface area contributed by atoms with Gasteiger partial charge >= 0.3 is 0 Å². The Labute approximate surface area is 45.6 Å². The van der Waals surface area contributed by atoms with E-state index in [4.69, 9.17) is 0 Å². The molecule has 0 amide bonds. The van der Waals surface area contributed by atoms with Crippen molar-refractivity contribution in [1.82, 2.24) is 0 Å². The first-order valence-electron chi connectivity index (χ1n) is 1.22. The van der Waals surface area contributed by atoms with E-state index in [-0.39, 0.29) is 17.0 Å². The smallest absolute Gasteiger partial charge is 0.0203 e. The first-order valence-corrected chi connectivity index (χ1v) is 2.04. The third kappa shape index (κ3) is 12.0. The predicted octanol–water partition coefficient (Wildman–Crippen LogP) is 1.63. The van der Waals surface area contributed by atoms with Crippen LogP contribution in [0.4, 0.5) is 0 Å². The molecular weight excluding hydrogens is 147 g/mol. The van der Waals surface area contributed by atoms with Crippen molar-refractivity contribution >= 4 is 26.2 Å². The van der Waals surface area contributed by atoms with Gasteiger partial charge in [-0.05, 0) is 6.16 Å². The molecule has 0 bridgehead atoms. The lowest BCUT2D eigenvalue weighted by Crippen LogP contribution is -1.43. The molecule has 0 fully saturated rings. The maximum Gasteiger partial charge on any atom is -0.0203 e. The Kier molecular flexibility index (Phi) is 16.2. The third-order valence-corrected chi connectivity index (χ3v) is 0.500. The van der Waals surface area contributed by atoms with Crippen molar-refractivity contribution < 1.29 is 0 Å². The van der Waals surface area contributed by atoms with E-state index in [0.717, 1.165) is 6.16 Å². The van der Waals surface area contributed by atoms with Crippen LogP contribution in [0, 0.1) is 0 Å². The fraction of sp³-hybridized carbons (Fsp3) is 0.333. The van der Waals surface area contributed by atoms with Crippen molar-refractivity contribution in [2.24, 2.45) is 0 Å². The molecule has 0 rings (SSSR count). The lowest BCUT2D eigenvalue weighted by Gasteiger charge is -1.58. The lowest BCUT2D eigenvalue weighted by atomic mass is 10.8. The summed E-state index contributed by atoms with van der Waals surface area (Å²) >= 11 is 0. The van der Waals surface area contributed by atoms with Gasteiger partial charge in [0.1, 0.15) is 0 Å². The van der Waals surface area contributed by atoms with Crippen LogP contribution in [0.3, 0.4) is 0 Å². The molecule has 0 N–H and O–H groups in total. The molecule has 0 aliphatic rings. The summed E-state index contributed by atoms with van der Waals surface area (Å²) < 4.78 is 0. The van der Waals surface area contributed by atoms with E-state index in [1.165, 1.54) is 0 Å². The average Bonchev–Trinajstić information content (AvgIpc) is 1.37. The molecule has 1 atom stereocenters. The second-order valence-corrected chi connectivity index (χ2v) is 0.996. The second kappa shape index (κ2) is 8.82. The third-order valence-electron chi connectivity index (χ3n) is 0.167. The van der Waals surface area contributed by atoms with Gasteiger partial charge in [0.05, 0.1) is 0 Å². The highest BCUT2D eigenvalue weighted by molar-refractivity contribution is 8.93. The van der Waals surface area contributed by atoms with E-state index >= 15 is 0 Å². The van der Waals surface area contributed by atoms with E-state index in [9.17, 15) is 0 Å². The van der Waals surface area contributed by atoms with Gasteiger partial charge in [0.2, 0.25) is 0 Å². The first kappa shape index (κ1) is 9.17. The lowest BCUT2D eigenvalue weighted by molar-refractivity contribution is 1.83. The summed E-state index contributed by atoms with van der Waals surface area (Å²) in [6.45, 7) is 3.46. The van der Waals surface area contributed by atoms with Gasteiger partial charge in [0, 0.05) is 0 Å². The molecule has 0 aliphatic carbocycles. The summed E-state index contributed by atoms with van der Waals surface area (Å²) in [5, 5.41) is 0. The highest BCUT2D eigenvalue weighted by Gasteiger charge is 1.44. The van der Waals surface area contributed by atoms with E-state index in [2.05, 4.69) is 15.8 Å². The molecule has 0 aromatic rings. The molecule has 0 aromatic carbocycles. The molecule has 32 valence electrons. The molecule has 0 saturated heterocycles. The van der Waals surface area contributed by atoms with Crippen LogP contribution in [0.1, 0.15) is 0 Å². The number of hydrogen-bond donors (Lipinski definition) is 0. The largest absolute Gasteiger partial charge is 0.134 e. The van der Waals surface area contributed by atoms with E-state index in [1.807, 2.05) is 6.08 Å². The van der Waals surface area contributed by atoms with Crippen LogP contribution < -0.4 is 0 Å². The van der Waals surface area contributed by atoms with E-state index in [1.54, 1.807) is 0 Å². The van der Waals surface area contributed by atoms with Gasteiger partial charge in [-0.25, -0.2) is 0 Å². The fourth-order valence-corrected chi connectivity index (χ4v) is 0. The molecular formula is C3H8BrP. The van der Waals surface area contributed by atoms with E-state index in [0.29, 0.717) is 0 Å². The highest BCUT2D eigenvalue weighted by atomic mass is 79.9. The van der Waals surface area contributed by atoms with Crippen LogP contribution >= 0.6 is 26.2 Å². The average molecular weight is 155 g/mol. The molecule has 0 aliphatic heterocycles. The van der Waals surface area contributed by atoms with Crippen LogP contribution in [0.15, 0.2) is 12.7 Å². The Morgan fingerprint density at radius 1 is 1.80 bits per heavy atom. The normalized spacial score (nSPS) is 5.00. The van der Waals surface area contributed by atoms with Gasteiger partial charge in [-0.15, -0.1) is 32.8 Å². The minimum absolute atomic E-state index is 0. The Morgan fingerprint density at radius 2 is 2.00 bits per heavy atom. The van der Waals surface area contributed by atoms with Gasteiger partial charge < -0.3 is 0 Å². The number of hydrogen-bond acceptors (Lipinski definition) is 0. The Bertz CT molecular complexity index is 20.9. The zero-order chi connectivity index (χ0) is 3.41. The maximum atomic E-state index is 3.46. The van der Waals surface area contributed by atoms with Crippen LogP contribution in [0.25, 0.3) is 0 Å². The fourth-order valence-electron chi connectivity index (χ4n) is 0. The van der Waals surface area contributed by atoms with Crippen molar-refractivity contribution in [3.8, 4) is 0 Å². The molecule has 2 heteroatoms. The molecule has 0 heterocycles. The van der Waals surface area contributed by atoms with Crippen molar-refractivity contribution in [2.75, 3.05) is 6.16 Å². The number of halogens is 1. The van der Waals surface area contributed by atoms with Gasteiger partial charge in [-0.1, -0.05) is 6.08 Å². The van der Waals surface area contributed by atoms with Gasteiger partial charge in [-0.3, -0.25) is 0 Å². The van der Waals surface area contributed by atoms with Crippen molar-refractivity contribution in [3.05, 3.63) is 12.7 Å². The quantitative estimate of drug-likeness (QED) is 0.398. The number of rotatable bonds is 1. The van der Waals surface area contributed by atoms with Crippen molar-refractivity contribution in [3.63, 3.8) is 0 Å². The maximum absolute atomic E-state index is 3.46. The predicted molar refractivity (Wildman–Crippen MR) is 35.1 cm³/mol. The Hall–Kier alpha value is 0.650. The van der Waals surface area contributed by atoms with Crippen LogP contribution in [-0.4, -0.2) is 6.16 Å².